The number of nitrogens with zero attached hydrogens (tertiary/aromatic N) is 1. The summed E-state index contributed by atoms with van der Waals surface area (Å²) in [6.45, 7) is 3.61. The van der Waals surface area contributed by atoms with Gasteiger partial charge in [-0.2, -0.15) is 13.2 Å². The first-order valence-electron chi connectivity index (χ1n) is 7.27. The van der Waals surface area contributed by atoms with Gasteiger partial charge in [-0.05, 0) is 42.5 Å². The molecule has 2 aliphatic rings. The molecule has 1 aliphatic carbocycles. The van der Waals surface area contributed by atoms with Crippen molar-refractivity contribution in [1.82, 2.24) is 10.2 Å². The van der Waals surface area contributed by atoms with Crippen LogP contribution in [0.15, 0.2) is 22.7 Å². The van der Waals surface area contributed by atoms with Crippen LogP contribution in [0.5, 0.6) is 0 Å². The Labute approximate surface area is 130 Å². The fourth-order valence-corrected chi connectivity index (χ4v) is 3.61. The molecule has 1 aromatic rings. The van der Waals surface area contributed by atoms with E-state index in [9.17, 15) is 13.2 Å². The molecule has 1 atom stereocenters. The van der Waals surface area contributed by atoms with Gasteiger partial charge in [-0.1, -0.05) is 15.9 Å². The molecule has 0 aromatic heterocycles. The Balaban J connectivity index is 1.93. The molecule has 0 unspecified atom stereocenters. The van der Waals surface area contributed by atoms with E-state index in [0.29, 0.717) is 10.4 Å². The molecule has 3 rings (SSSR count). The smallest absolute Gasteiger partial charge is 0.314 e. The Kier molecular flexibility index (Phi) is 4.30. The summed E-state index contributed by atoms with van der Waals surface area (Å²) < 4.78 is 39.6. The zero-order valence-electron chi connectivity index (χ0n) is 11.6. The second-order valence-electron chi connectivity index (χ2n) is 5.84. The van der Waals surface area contributed by atoms with E-state index in [2.05, 4.69) is 26.1 Å². The summed E-state index contributed by atoms with van der Waals surface area (Å²) in [7, 11) is 0. The Morgan fingerprint density at radius 1 is 1.14 bits per heavy atom. The van der Waals surface area contributed by atoms with Crippen molar-refractivity contribution in [1.29, 1.82) is 0 Å². The standard InChI is InChI=1S/C15H18BrF3N2/c16-13-8-11(7-12(9-13)15(17,18)19)14(10-1-2-10)21-5-3-20-4-6-21/h7-10,14,20H,1-6H2/t14-/m0/s1. The number of piperazine rings is 1. The molecule has 1 saturated heterocycles. The quantitative estimate of drug-likeness (QED) is 0.878. The van der Waals surface area contributed by atoms with E-state index in [4.69, 9.17) is 0 Å². The largest absolute Gasteiger partial charge is 0.416 e. The van der Waals surface area contributed by atoms with Gasteiger partial charge >= 0.3 is 6.18 Å². The number of nitrogens with one attached hydrogen (secondary N) is 1. The number of rotatable bonds is 3. The van der Waals surface area contributed by atoms with Crippen molar-refractivity contribution in [3.63, 3.8) is 0 Å². The topological polar surface area (TPSA) is 15.3 Å². The van der Waals surface area contributed by atoms with Crippen molar-refractivity contribution in [3.8, 4) is 0 Å². The average molecular weight is 363 g/mol. The first kappa shape index (κ1) is 15.3. The first-order valence-corrected chi connectivity index (χ1v) is 8.07. The summed E-state index contributed by atoms with van der Waals surface area (Å²) in [5.41, 5.74) is 0.230. The van der Waals surface area contributed by atoms with Gasteiger partial charge in [0, 0.05) is 36.7 Å². The first-order chi connectivity index (χ1) is 9.95. The SMILES string of the molecule is FC(F)(F)c1cc(Br)cc([C@H](C2CC2)N2CCNCC2)c1. The van der Waals surface area contributed by atoms with E-state index in [0.717, 1.165) is 50.7 Å². The van der Waals surface area contributed by atoms with Crippen molar-refractivity contribution in [2.24, 2.45) is 5.92 Å². The molecular weight excluding hydrogens is 345 g/mol. The van der Waals surface area contributed by atoms with Gasteiger partial charge in [-0.15, -0.1) is 0 Å². The summed E-state index contributed by atoms with van der Waals surface area (Å²) >= 11 is 3.24. The Bertz CT molecular complexity index is 508. The third-order valence-corrected chi connectivity index (χ3v) is 4.66. The van der Waals surface area contributed by atoms with Gasteiger partial charge in [0.25, 0.3) is 0 Å². The molecule has 0 bridgehead atoms. The number of halogens is 4. The molecule has 1 N–H and O–H groups in total. The van der Waals surface area contributed by atoms with Crippen molar-refractivity contribution in [3.05, 3.63) is 33.8 Å². The highest BCUT2D eigenvalue weighted by molar-refractivity contribution is 9.10. The Morgan fingerprint density at radius 3 is 2.38 bits per heavy atom. The molecule has 0 radical (unpaired) electrons. The highest BCUT2D eigenvalue weighted by Gasteiger charge is 2.38. The maximum absolute atomic E-state index is 13.0. The van der Waals surface area contributed by atoms with Crippen LogP contribution in [0.4, 0.5) is 13.2 Å². The van der Waals surface area contributed by atoms with Crippen LogP contribution >= 0.6 is 15.9 Å². The third-order valence-electron chi connectivity index (χ3n) is 4.20. The van der Waals surface area contributed by atoms with Gasteiger partial charge in [0.15, 0.2) is 0 Å². The number of alkyl halides is 3. The van der Waals surface area contributed by atoms with Crippen LogP contribution in [-0.2, 0) is 6.18 Å². The highest BCUT2D eigenvalue weighted by atomic mass is 79.9. The van der Waals surface area contributed by atoms with Gasteiger partial charge in [0.05, 0.1) is 5.56 Å². The summed E-state index contributed by atoms with van der Waals surface area (Å²) in [6, 6.07) is 4.45. The van der Waals surface area contributed by atoms with Crippen molar-refractivity contribution < 1.29 is 13.2 Å². The summed E-state index contributed by atoms with van der Waals surface area (Å²) in [5, 5.41) is 3.30. The van der Waals surface area contributed by atoms with E-state index < -0.39 is 11.7 Å². The lowest BCUT2D eigenvalue weighted by Crippen LogP contribution is -2.45. The summed E-state index contributed by atoms with van der Waals surface area (Å²) in [5.74, 6) is 0.499. The molecule has 1 saturated carbocycles. The zero-order valence-corrected chi connectivity index (χ0v) is 13.2. The maximum atomic E-state index is 13.0. The maximum Gasteiger partial charge on any atom is 0.416 e. The van der Waals surface area contributed by atoms with E-state index in [1.165, 1.54) is 6.07 Å². The molecule has 2 fully saturated rings. The van der Waals surface area contributed by atoms with Gasteiger partial charge in [0.1, 0.15) is 0 Å². The minimum Gasteiger partial charge on any atom is -0.314 e. The fraction of sp³-hybridized carbons (Fsp3) is 0.600. The summed E-state index contributed by atoms with van der Waals surface area (Å²) in [4.78, 5) is 2.33. The van der Waals surface area contributed by atoms with Crippen LogP contribution in [0, 0.1) is 5.92 Å². The monoisotopic (exact) mass is 362 g/mol. The van der Waals surface area contributed by atoms with Crippen LogP contribution in [0.25, 0.3) is 0 Å². The minimum absolute atomic E-state index is 0.116. The van der Waals surface area contributed by atoms with Gasteiger partial charge in [-0.3, -0.25) is 4.90 Å². The molecule has 2 nitrogen and oxygen atoms in total. The second-order valence-corrected chi connectivity index (χ2v) is 6.75. The number of hydrogen-bond donors (Lipinski definition) is 1. The molecule has 1 heterocycles. The lowest BCUT2D eigenvalue weighted by molar-refractivity contribution is -0.137. The van der Waals surface area contributed by atoms with E-state index in [1.54, 1.807) is 0 Å². The zero-order chi connectivity index (χ0) is 15.0. The lowest BCUT2D eigenvalue weighted by Gasteiger charge is -2.35. The molecular formula is C15H18BrF3N2. The molecule has 116 valence electrons. The van der Waals surface area contributed by atoms with Crippen LogP contribution < -0.4 is 5.32 Å². The van der Waals surface area contributed by atoms with E-state index in [-0.39, 0.29) is 6.04 Å². The Morgan fingerprint density at radius 2 is 1.81 bits per heavy atom. The van der Waals surface area contributed by atoms with Crippen LogP contribution in [0.3, 0.4) is 0 Å². The van der Waals surface area contributed by atoms with Crippen molar-refractivity contribution in [2.45, 2.75) is 25.1 Å². The van der Waals surface area contributed by atoms with E-state index in [1.807, 2.05) is 6.07 Å². The second kappa shape index (κ2) is 5.89. The molecule has 6 heteroatoms. The van der Waals surface area contributed by atoms with Gasteiger partial charge < -0.3 is 5.32 Å². The molecule has 21 heavy (non-hydrogen) atoms. The van der Waals surface area contributed by atoms with Crippen LogP contribution in [0.1, 0.15) is 30.0 Å². The number of benzene rings is 1. The highest BCUT2D eigenvalue weighted by Crippen LogP contribution is 2.46. The molecule has 1 aromatic carbocycles. The van der Waals surface area contributed by atoms with Gasteiger partial charge in [0.2, 0.25) is 0 Å². The Hall–Kier alpha value is -0.590. The summed E-state index contributed by atoms with van der Waals surface area (Å²) in [6.07, 6.45) is -2.07. The predicted octanol–water partition coefficient (Wildman–Crippen LogP) is 3.82. The lowest BCUT2D eigenvalue weighted by atomic mass is 9.97. The predicted molar refractivity (Wildman–Crippen MR) is 79.1 cm³/mol. The minimum atomic E-state index is -4.30. The van der Waals surface area contributed by atoms with E-state index >= 15 is 0 Å². The fourth-order valence-electron chi connectivity index (χ4n) is 3.10. The molecule has 0 spiro atoms. The molecule has 0 amide bonds. The van der Waals surface area contributed by atoms with Gasteiger partial charge in [-0.25, -0.2) is 0 Å². The van der Waals surface area contributed by atoms with Crippen molar-refractivity contribution >= 4 is 15.9 Å². The van der Waals surface area contributed by atoms with Crippen LogP contribution in [-0.4, -0.2) is 31.1 Å². The number of hydrogen-bond acceptors (Lipinski definition) is 2. The van der Waals surface area contributed by atoms with Crippen molar-refractivity contribution in [2.75, 3.05) is 26.2 Å². The average Bonchev–Trinajstić information content (AvgIpc) is 3.23. The van der Waals surface area contributed by atoms with Crippen LogP contribution in [0.2, 0.25) is 0 Å². The third kappa shape index (κ3) is 3.60. The normalized spacial score (nSPS) is 22.3. The molecule has 1 aliphatic heterocycles.